The number of aromatic amines is 1. The molecule has 4 aromatic heterocycles. The van der Waals surface area contributed by atoms with Gasteiger partial charge in [0.15, 0.2) is 0 Å². The summed E-state index contributed by atoms with van der Waals surface area (Å²) in [4.78, 5) is 20.2. The van der Waals surface area contributed by atoms with Crippen LogP contribution in [0.5, 0.6) is 5.88 Å². The molecule has 136 valence electrons. The van der Waals surface area contributed by atoms with Crippen LogP contribution >= 0.6 is 0 Å². The second-order valence-corrected chi connectivity index (χ2v) is 6.26. The fraction of sp³-hybridized carbons (Fsp3) is 0.200. The molecule has 4 rings (SSSR count). The first-order valence-corrected chi connectivity index (χ1v) is 8.61. The second-order valence-electron chi connectivity index (χ2n) is 6.26. The number of nitrogens with zero attached hydrogens (tertiary/aromatic N) is 4. The zero-order valence-electron chi connectivity index (χ0n) is 14.8. The van der Waals surface area contributed by atoms with E-state index in [2.05, 4.69) is 24.9 Å². The maximum Gasteiger partial charge on any atom is 0.212 e. The predicted octanol–water partition coefficient (Wildman–Crippen LogP) is 3.27. The van der Waals surface area contributed by atoms with Crippen molar-refractivity contribution < 1.29 is 9.13 Å². The first kappa shape index (κ1) is 17.1. The lowest BCUT2D eigenvalue weighted by atomic mass is 10.1. The van der Waals surface area contributed by atoms with E-state index in [0.29, 0.717) is 17.9 Å². The number of nitrogens with one attached hydrogen (secondary N) is 1. The normalized spacial score (nSPS) is 11.0. The van der Waals surface area contributed by atoms with Crippen molar-refractivity contribution in [2.75, 3.05) is 7.11 Å². The Bertz CT molecular complexity index is 1040. The Morgan fingerprint density at radius 2 is 1.78 bits per heavy atom. The standard InChI is InChI=1S/C20H18FN5O/c1-27-19-5-3-13(8-24-19)2-4-18-22-9-14(10-23-18)6-15-11-25-20-17(15)7-16(21)12-26-20/h3,5,7-12H,2,4,6H2,1H3,(H,25,26). The van der Waals surface area contributed by atoms with Crippen molar-refractivity contribution in [3.63, 3.8) is 0 Å². The summed E-state index contributed by atoms with van der Waals surface area (Å²) in [6, 6.07) is 5.33. The third-order valence-corrected chi connectivity index (χ3v) is 4.38. The number of methoxy groups -OCH3 is 1. The van der Waals surface area contributed by atoms with E-state index in [1.165, 1.54) is 12.3 Å². The maximum atomic E-state index is 13.4. The number of hydrogen-bond acceptors (Lipinski definition) is 5. The highest BCUT2D eigenvalue weighted by atomic mass is 19.1. The smallest absolute Gasteiger partial charge is 0.212 e. The molecule has 0 fully saturated rings. The zero-order chi connectivity index (χ0) is 18.6. The van der Waals surface area contributed by atoms with Crippen molar-refractivity contribution in [1.82, 2.24) is 24.9 Å². The van der Waals surface area contributed by atoms with Gasteiger partial charge in [-0.05, 0) is 29.2 Å². The summed E-state index contributed by atoms with van der Waals surface area (Å²) in [6.45, 7) is 0. The van der Waals surface area contributed by atoms with Crippen molar-refractivity contribution >= 4 is 11.0 Å². The molecule has 4 aromatic rings. The van der Waals surface area contributed by atoms with Crippen LogP contribution in [-0.2, 0) is 19.3 Å². The molecule has 6 nitrogen and oxygen atoms in total. The van der Waals surface area contributed by atoms with E-state index < -0.39 is 0 Å². The molecule has 0 unspecified atom stereocenters. The Morgan fingerprint density at radius 1 is 0.963 bits per heavy atom. The molecule has 1 N–H and O–H groups in total. The number of fused-ring (bicyclic) bond motifs is 1. The van der Waals surface area contributed by atoms with Gasteiger partial charge in [0.2, 0.25) is 5.88 Å². The first-order chi connectivity index (χ1) is 13.2. The van der Waals surface area contributed by atoms with Gasteiger partial charge in [-0.2, -0.15) is 0 Å². The molecule has 0 aliphatic heterocycles. The van der Waals surface area contributed by atoms with Crippen LogP contribution in [0.25, 0.3) is 11.0 Å². The molecule has 0 aromatic carbocycles. The van der Waals surface area contributed by atoms with E-state index >= 15 is 0 Å². The number of halogens is 1. The van der Waals surface area contributed by atoms with Crippen LogP contribution < -0.4 is 4.74 Å². The van der Waals surface area contributed by atoms with Crippen LogP contribution in [0.2, 0.25) is 0 Å². The number of pyridine rings is 2. The van der Waals surface area contributed by atoms with Gasteiger partial charge < -0.3 is 9.72 Å². The summed E-state index contributed by atoms with van der Waals surface area (Å²) in [5.41, 5.74) is 3.72. The van der Waals surface area contributed by atoms with E-state index in [-0.39, 0.29) is 5.82 Å². The lowest BCUT2D eigenvalue weighted by Gasteiger charge is -2.04. The van der Waals surface area contributed by atoms with Gasteiger partial charge in [0.1, 0.15) is 17.3 Å². The summed E-state index contributed by atoms with van der Waals surface area (Å²) in [7, 11) is 1.60. The minimum absolute atomic E-state index is 0.344. The summed E-state index contributed by atoms with van der Waals surface area (Å²) >= 11 is 0. The molecule has 0 bridgehead atoms. The highest BCUT2D eigenvalue weighted by Gasteiger charge is 2.08. The Morgan fingerprint density at radius 3 is 2.52 bits per heavy atom. The molecule has 0 radical (unpaired) electrons. The van der Waals surface area contributed by atoms with Crippen LogP contribution in [0.15, 0.2) is 49.2 Å². The third kappa shape index (κ3) is 3.92. The van der Waals surface area contributed by atoms with E-state index in [4.69, 9.17) is 4.74 Å². The lowest BCUT2D eigenvalue weighted by Crippen LogP contribution is -2.00. The summed E-state index contributed by atoms with van der Waals surface area (Å²) < 4.78 is 18.5. The van der Waals surface area contributed by atoms with E-state index in [1.807, 2.05) is 30.7 Å². The van der Waals surface area contributed by atoms with Gasteiger partial charge in [-0.3, -0.25) is 0 Å². The number of aryl methyl sites for hydroxylation is 2. The molecule has 0 atom stereocenters. The van der Waals surface area contributed by atoms with Crippen LogP contribution in [-0.4, -0.2) is 32.0 Å². The summed E-state index contributed by atoms with van der Waals surface area (Å²) in [5.74, 6) is 1.04. The quantitative estimate of drug-likeness (QED) is 0.569. The minimum atomic E-state index is -0.344. The molecule has 0 amide bonds. The van der Waals surface area contributed by atoms with Gasteiger partial charge >= 0.3 is 0 Å². The molecular weight excluding hydrogens is 345 g/mol. The van der Waals surface area contributed by atoms with Crippen molar-refractivity contribution in [3.8, 4) is 5.88 Å². The fourth-order valence-electron chi connectivity index (χ4n) is 2.94. The SMILES string of the molecule is COc1ccc(CCc2ncc(Cc3c[nH]c4ncc(F)cc34)cn2)cn1. The van der Waals surface area contributed by atoms with Crippen molar-refractivity contribution in [3.05, 3.63) is 77.5 Å². The van der Waals surface area contributed by atoms with E-state index in [9.17, 15) is 4.39 Å². The van der Waals surface area contributed by atoms with Crippen molar-refractivity contribution in [1.29, 1.82) is 0 Å². The van der Waals surface area contributed by atoms with Crippen molar-refractivity contribution in [2.45, 2.75) is 19.3 Å². The average Bonchev–Trinajstić information content (AvgIpc) is 3.10. The van der Waals surface area contributed by atoms with Gasteiger partial charge in [-0.1, -0.05) is 6.07 Å². The van der Waals surface area contributed by atoms with Gasteiger partial charge in [-0.15, -0.1) is 0 Å². The molecule has 0 saturated heterocycles. The maximum absolute atomic E-state index is 13.4. The number of H-pyrrole nitrogens is 1. The second kappa shape index (κ2) is 7.49. The van der Waals surface area contributed by atoms with E-state index in [1.54, 1.807) is 13.3 Å². The van der Waals surface area contributed by atoms with Crippen LogP contribution in [0, 0.1) is 5.82 Å². The third-order valence-electron chi connectivity index (χ3n) is 4.38. The highest BCUT2D eigenvalue weighted by Crippen LogP contribution is 2.20. The van der Waals surface area contributed by atoms with Crippen LogP contribution in [0.4, 0.5) is 4.39 Å². The molecule has 4 heterocycles. The van der Waals surface area contributed by atoms with Crippen molar-refractivity contribution in [2.24, 2.45) is 0 Å². The summed E-state index contributed by atoms with van der Waals surface area (Å²) in [6.07, 6.45) is 10.7. The molecular formula is C20H18FN5O. The fourth-order valence-corrected chi connectivity index (χ4v) is 2.94. The Hall–Kier alpha value is -3.35. The lowest BCUT2D eigenvalue weighted by molar-refractivity contribution is 0.397. The highest BCUT2D eigenvalue weighted by molar-refractivity contribution is 5.79. The van der Waals surface area contributed by atoms with Crippen LogP contribution in [0.3, 0.4) is 0 Å². The molecule has 0 aliphatic carbocycles. The van der Waals surface area contributed by atoms with Crippen LogP contribution in [0.1, 0.15) is 22.5 Å². The first-order valence-electron chi connectivity index (χ1n) is 8.61. The molecule has 0 aliphatic rings. The number of rotatable bonds is 6. The van der Waals surface area contributed by atoms with Gasteiger partial charge in [0, 0.05) is 49.1 Å². The minimum Gasteiger partial charge on any atom is -0.481 e. The van der Waals surface area contributed by atoms with Gasteiger partial charge in [0.05, 0.1) is 13.3 Å². The molecule has 27 heavy (non-hydrogen) atoms. The molecule has 0 spiro atoms. The number of ether oxygens (including phenoxy) is 1. The van der Waals surface area contributed by atoms with Gasteiger partial charge in [-0.25, -0.2) is 24.3 Å². The zero-order valence-corrected chi connectivity index (χ0v) is 14.8. The Kier molecular flexibility index (Phi) is 4.74. The topological polar surface area (TPSA) is 76.6 Å². The number of aromatic nitrogens is 5. The van der Waals surface area contributed by atoms with E-state index in [0.717, 1.165) is 40.7 Å². The molecule has 7 heteroatoms. The monoisotopic (exact) mass is 363 g/mol. The number of hydrogen-bond donors (Lipinski definition) is 1. The largest absolute Gasteiger partial charge is 0.481 e. The Labute approximate surface area is 155 Å². The average molecular weight is 363 g/mol. The molecule has 0 saturated carbocycles. The van der Waals surface area contributed by atoms with Gasteiger partial charge in [0.25, 0.3) is 0 Å². The predicted molar refractivity (Wildman–Crippen MR) is 99.1 cm³/mol. The Balaban J connectivity index is 1.41. The summed E-state index contributed by atoms with van der Waals surface area (Å²) in [5, 5.41) is 0.783.